The second-order valence-corrected chi connectivity index (χ2v) is 13.4. The lowest BCUT2D eigenvalue weighted by Crippen LogP contribution is -2.49. The highest BCUT2D eigenvalue weighted by Crippen LogP contribution is 2.45. The number of hydrogen-bond donors (Lipinski definition) is 0. The normalized spacial score (nSPS) is 23.9. The van der Waals surface area contributed by atoms with Crippen LogP contribution in [-0.2, 0) is 5.41 Å². The Bertz CT molecular complexity index is 1580. The van der Waals surface area contributed by atoms with E-state index >= 15 is 0 Å². The second-order valence-electron chi connectivity index (χ2n) is 12.6. The fraction of sp³-hybridized carbons (Fsp3) is 0.429. The molecule has 218 valence electrons. The molecule has 7 heteroatoms. The topological polar surface area (TPSA) is 41.4 Å². The van der Waals surface area contributed by atoms with Gasteiger partial charge in [-0.05, 0) is 106 Å². The van der Waals surface area contributed by atoms with Crippen LogP contribution in [0.4, 0.5) is 0 Å². The molecule has 0 aliphatic carbocycles. The van der Waals surface area contributed by atoms with E-state index in [1.165, 1.54) is 36.8 Å². The van der Waals surface area contributed by atoms with Crippen LogP contribution in [0, 0.1) is 6.92 Å². The van der Waals surface area contributed by atoms with Crippen LogP contribution in [0.15, 0.2) is 72.8 Å². The molecule has 7 rings (SSSR count). The summed E-state index contributed by atoms with van der Waals surface area (Å²) < 4.78 is 2.51. The molecule has 3 fully saturated rings. The zero-order valence-corrected chi connectivity index (χ0v) is 25.7. The Morgan fingerprint density at radius 3 is 2.29 bits per heavy atom. The lowest BCUT2D eigenvalue weighted by atomic mass is 9.70. The molecule has 1 unspecified atom stereocenters. The van der Waals surface area contributed by atoms with Gasteiger partial charge in [0.1, 0.15) is 5.82 Å². The summed E-state index contributed by atoms with van der Waals surface area (Å²) in [5.41, 5.74) is 4.36. The van der Waals surface area contributed by atoms with Gasteiger partial charge in [0.05, 0.1) is 21.1 Å². The minimum Gasteiger partial charge on any atom is -0.339 e. The number of halogens is 2. The van der Waals surface area contributed by atoms with E-state index in [1.54, 1.807) is 0 Å². The van der Waals surface area contributed by atoms with E-state index in [2.05, 4.69) is 52.8 Å². The first kappa shape index (κ1) is 27.9. The van der Waals surface area contributed by atoms with E-state index in [9.17, 15) is 4.79 Å². The van der Waals surface area contributed by atoms with E-state index < -0.39 is 0 Å². The Morgan fingerprint density at radius 2 is 1.57 bits per heavy atom. The molecule has 3 saturated heterocycles. The molecule has 3 aromatic carbocycles. The number of amides is 1. The van der Waals surface area contributed by atoms with Crippen LogP contribution >= 0.6 is 23.2 Å². The molecule has 42 heavy (non-hydrogen) atoms. The number of imidazole rings is 1. The maximum Gasteiger partial charge on any atom is 0.253 e. The number of aryl methyl sites for hydroxylation is 1. The summed E-state index contributed by atoms with van der Waals surface area (Å²) in [6.45, 7) is 4.72. The maximum absolute atomic E-state index is 13.3. The summed E-state index contributed by atoms with van der Waals surface area (Å²) in [4.78, 5) is 23.0. The third-order valence-electron chi connectivity index (χ3n) is 10.4. The standard InChI is InChI=1S/C35H38Cl2N4O/c1-24-38-32-9-5-6-10-33(32)41(24)29-22-27-12-13-28(23-29)40(27)20-17-35(26-11-14-30(36)31(37)21-26)15-18-39(19-16-35)34(42)25-7-3-2-4-8-25/h2-11,14,21,27-29H,12-13,15-20,22-23H2,1H3/t27-,28+,29?. The van der Waals surface area contributed by atoms with E-state index in [1.807, 2.05) is 41.3 Å². The largest absolute Gasteiger partial charge is 0.339 e. The van der Waals surface area contributed by atoms with Gasteiger partial charge in [-0.1, -0.05) is 59.6 Å². The predicted octanol–water partition coefficient (Wildman–Crippen LogP) is 8.08. The molecule has 0 spiro atoms. The third-order valence-corrected chi connectivity index (χ3v) is 11.1. The van der Waals surface area contributed by atoms with Crippen LogP contribution in [0.1, 0.15) is 72.7 Å². The summed E-state index contributed by atoms with van der Waals surface area (Å²) in [5, 5.41) is 1.20. The van der Waals surface area contributed by atoms with Gasteiger partial charge in [-0.15, -0.1) is 0 Å². The van der Waals surface area contributed by atoms with Crippen LogP contribution < -0.4 is 0 Å². The molecule has 4 aromatic rings. The number of para-hydroxylation sites is 2. The molecule has 4 heterocycles. The smallest absolute Gasteiger partial charge is 0.253 e. The second kappa shape index (κ2) is 11.3. The minimum atomic E-state index is -0.0326. The van der Waals surface area contributed by atoms with Crippen molar-refractivity contribution in [1.82, 2.24) is 19.4 Å². The number of aromatic nitrogens is 2. The minimum absolute atomic E-state index is 0.0326. The van der Waals surface area contributed by atoms with E-state index in [4.69, 9.17) is 28.2 Å². The summed E-state index contributed by atoms with van der Waals surface area (Å²) >= 11 is 12.9. The number of carbonyl (C=O) groups excluding carboxylic acids is 1. The number of benzene rings is 3. The first-order valence-corrected chi connectivity index (χ1v) is 16.2. The Hall–Kier alpha value is -2.86. The van der Waals surface area contributed by atoms with Gasteiger partial charge >= 0.3 is 0 Å². The molecule has 0 radical (unpaired) electrons. The monoisotopic (exact) mass is 600 g/mol. The van der Waals surface area contributed by atoms with Gasteiger partial charge in [0, 0.05) is 36.8 Å². The van der Waals surface area contributed by atoms with Crippen molar-refractivity contribution >= 4 is 40.1 Å². The van der Waals surface area contributed by atoms with Crippen molar-refractivity contribution in [3.63, 3.8) is 0 Å². The summed E-state index contributed by atoms with van der Waals surface area (Å²) in [6, 6.07) is 26.1. The van der Waals surface area contributed by atoms with E-state index in [0.29, 0.717) is 28.2 Å². The Kier molecular flexibility index (Phi) is 7.54. The van der Waals surface area contributed by atoms with Gasteiger partial charge < -0.3 is 9.47 Å². The number of fused-ring (bicyclic) bond motifs is 3. The van der Waals surface area contributed by atoms with Crippen molar-refractivity contribution < 1.29 is 4.79 Å². The zero-order chi connectivity index (χ0) is 28.8. The first-order valence-electron chi connectivity index (χ1n) is 15.4. The van der Waals surface area contributed by atoms with Crippen molar-refractivity contribution in [3.8, 4) is 0 Å². The van der Waals surface area contributed by atoms with E-state index in [0.717, 1.165) is 55.8 Å². The van der Waals surface area contributed by atoms with Crippen LogP contribution in [0.3, 0.4) is 0 Å². The third kappa shape index (κ3) is 5.04. The molecule has 0 N–H and O–H groups in total. The SMILES string of the molecule is Cc1nc2ccccc2n1C1C[C@H]2CC[C@@H](C1)N2CCC1(c2ccc(Cl)c(Cl)c2)CCN(C(=O)c2ccccc2)CC1. The highest BCUT2D eigenvalue weighted by Gasteiger charge is 2.44. The van der Waals surface area contributed by atoms with Crippen LogP contribution in [-0.4, -0.2) is 57.0 Å². The molecule has 3 aliphatic heterocycles. The highest BCUT2D eigenvalue weighted by atomic mass is 35.5. The Balaban J connectivity index is 1.09. The number of likely N-dealkylation sites (tertiary alicyclic amines) is 1. The highest BCUT2D eigenvalue weighted by molar-refractivity contribution is 6.42. The molecular formula is C35H38Cl2N4O. The fourth-order valence-corrected chi connectivity index (χ4v) is 8.50. The number of rotatable bonds is 6. The number of hydrogen-bond acceptors (Lipinski definition) is 3. The Morgan fingerprint density at radius 1 is 0.881 bits per heavy atom. The van der Waals surface area contributed by atoms with Crippen molar-refractivity contribution in [2.24, 2.45) is 0 Å². The average Bonchev–Trinajstić information content (AvgIpc) is 3.48. The molecular weight excluding hydrogens is 563 g/mol. The maximum atomic E-state index is 13.3. The summed E-state index contributed by atoms with van der Waals surface area (Å²) in [5.74, 6) is 1.25. The van der Waals surface area contributed by atoms with Crippen LogP contribution in [0.5, 0.6) is 0 Å². The van der Waals surface area contributed by atoms with Crippen LogP contribution in [0.25, 0.3) is 11.0 Å². The summed E-state index contributed by atoms with van der Waals surface area (Å²) in [7, 11) is 0. The quantitative estimate of drug-likeness (QED) is 0.224. The van der Waals surface area contributed by atoms with Gasteiger partial charge in [-0.2, -0.15) is 0 Å². The number of piperidine rings is 2. The first-order chi connectivity index (χ1) is 20.4. The molecule has 3 atom stereocenters. The predicted molar refractivity (Wildman–Crippen MR) is 171 cm³/mol. The van der Waals surface area contributed by atoms with Gasteiger partial charge in [0.15, 0.2) is 0 Å². The Labute approximate surface area is 258 Å². The van der Waals surface area contributed by atoms with Crippen molar-refractivity contribution in [3.05, 3.63) is 99.8 Å². The zero-order valence-electron chi connectivity index (χ0n) is 24.2. The number of carbonyl (C=O) groups is 1. The molecule has 3 aliphatic rings. The van der Waals surface area contributed by atoms with Gasteiger partial charge in [0.25, 0.3) is 5.91 Å². The molecule has 1 amide bonds. The van der Waals surface area contributed by atoms with Gasteiger partial charge in [-0.25, -0.2) is 4.98 Å². The average molecular weight is 602 g/mol. The van der Waals surface area contributed by atoms with Crippen molar-refractivity contribution in [2.75, 3.05) is 19.6 Å². The summed E-state index contributed by atoms with van der Waals surface area (Å²) in [6.07, 6.45) is 7.81. The molecule has 2 bridgehead atoms. The number of nitrogens with zero attached hydrogens (tertiary/aromatic N) is 4. The van der Waals surface area contributed by atoms with Crippen molar-refractivity contribution in [2.45, 2.75) is 75.4 Å². The van der Waals surface area contributed by atoms with E-state index in [-0.39, 0.29) is 11.3 Å². The molecule has 1 aromatic heterocycles. The lowest BCUT2D eigenvalue weighted by Gasteiger charge is -2.45. The van der Waals surface area contributed by atoms with Crippen molar-refractivity contribution in [1.29, 1.82) is 0 Å². The fourth-order valence-electron chi connectivity index (χ4n) is 8.20. The van der Waals surface area contributed by atoms with Gasteiger partial charge in [0.2, 0.25) is 0 Å². The van der Waals surface area contributed by atoms with Gasteiger partial charge in [-0.3, -0.25) is 9.69 Å². The van der Waals surface area contributed by atoms with Crippen LogP contribution in [0.2, 0.25) is 10.0 Å². The lowest BCUT2D eigenvalue weighted by molar-refractivity contribution is 0.0607. The molecule has 5 nitrogen and oxygen atoms in total. The molecule has 0 saturated carbocycles.